The molecule has 6 nitrogen and oxygen atoms in total. The molecule has 0 aliphatic carbocycles. The van der Waals surface area contributed by atoms with E-state index >= 15 is 0 Å². The second-order valence-corrected chi connectivity index (χ2v) is 7.48. The number of H-pyrrole nitrogens is 1. The molecule has 27 heavy (non-hydrogen) atoms. The molecular weight excluding hydrogens is 338 g/mol. The number of amidine groups is 1. The number of allylic oxidation sites excluding steroid dienone is 1. The summed E-state index contributed by atoms with van der Waals surface area (Å²) in [6.45, 7) is 8.37. The second kappa shape index (κ2) is 7.56. The summed E-state index contributed by atoms with van der Waals surface area (Å²) in [5, 5.41) is 10.3. The maximum absolute atomic E-state index is 5.61. The normalized spacial score (nSPS) is 18.9. The van der Waals surface area contributed by atoms with Gasteiger partial charge in [0.15, 0.2) is 0 Å². The van der Waals surface area contributed by atoms with Crippen molar-refractivity contribution < 1.29 is 4.74 Å². The van der Waals surface area contributed by atoms with Crippen molar-refractivity contribution >= 4 is 5.84 Å². The fraction of sp³-hybridized carbons (Fsp3) is 0.429. The summed E-state index contributed by atoms with van der Waals surface area (Å²) in [5.41, 5.74) is 5.14. The lowest BCUT2D eigenvalue weighted by Gasteiger charge is -2.46. The van der Waals surface area contributed by atoms with Gasteiger partial charge < -0.3 is 15.0 Å². The van der Waals surface area contributed by atoms with Crippen LogP contribution in [0.1, 0.15) is 25.0 Å². The van der Waals surface area contributed by atoms with E-state index in [1.165, 1.54) is 22.4 Å². The Kier molecular flexibility index (Phi) is 4.99. The minimum atomic E-state index is 0.0739. The van der Waals surface area contributed by atoms with E-state index < -0.39 is 0 Å². The fourth-order valence-electron chi connectivity index (χ4n) is 3.74. The maximum atomic E-state index is 5.61. The van der Waals surface area contributed by atoms with E-state index in [4.69, 9.17) is 9.73 Å². The van der Waals surface area contributed by atoms with Gasteiger partial charge in [0.05, 0.1) is 24.8 Å². The zero-order chi connectivity index (χ0) is 18.7. The number of hydrogen-bond donors (Lipinski definition) is 2. The topological polar surface area (TPSA) is 65.5 Å². The van der Waals surface area contributed by atoms with Gasteiger partial charge in [-0.2, -0.15) is 5.10 Å². The number of hydrogen-bond acceptors (Lipinski definition) is 5. The standard InChI is InChI=1S/C21H27N5O/c1-16-17(2)26(12-21(13-27-14-21)19-6-4-3-5-7-19)15-23-20(16)22-9-8-18-10-24-25-11-18/h3-7,10-11H,8-9,12-15H2,1-2H3,(H,22,23)(H,24,25). The average molecular weight is 365 g/mol. The quantitative estimate of drug-likeness (QED) is 0.825. The van der Waals surface area contributed by atoms with Gasteiger partial charge in [-0.1, -0.05) is 30.3 Å². The molecule has 4 rings (SSSR count). The van der Waals surface area contributed by atoms with Gasteiger partial charge in [0.2, 0.25) is 0 Å². The zero-order valence-corrected chi connectivity index (χ0v) is 16.0. The van der Waals surface area contributed by atoms with Gasteiger partial charge in [0.1, 0.15) is 12.5 Å². The highest BCUT2D eigenvalue weighted by Gasteiger charge is 2.42. The summed E-state index contributed by atoms with van der Waals surface area (Å²) < 4.78 is 5.61. The van der Waals surface area contributed by atoms with Crippen molar-refractivity contribution in [2.45, 2.75) is 25.7 Å². The lowest BCUT2D eigenvalue weighted by atomic mass is 9.78. The van der Waals surface area contributed by atoms with E-state index in [-0.39, 0.29) is 5.41 Å². The predicted octanol–water partition coefficient (Wildman–Crippen LogP) is 2.48. The second-order valence-electron chi connectivity index (χ2n) is 7.48. The van der Waals surface area contributed by atoms with Gasteiger partial charge in [0, 0.05) is 30.6 Å². The first-order valence-corrected chi connectivity index (χ1v) is 9.50. The summed E-state index contributed by atoms with van der Waals surface area (Å²) in [7, 11) is 0. The zero-order valence-electron chi connectivity index (χ0n) is 16.0. The third-order valence-corrected chi connectivity index (χ3v) is 5.67. The minimum absolute atomic E-state index is 0.0739. The van der Waals surface area contributed by atoms with Crippen molar-refractivity contribution in [3.8, 4) is 0 Å². The molecule has 1 fully saturated rings. The number of aromatic nitrogens is 2. The van der Waals surface area contributed by atoms with Crippen molar-refractivity contribution in [1.82, 2.24) is 20.4 Å². The Hall–Kier alpha value is -2.60. The van der Waals surface area contributed by atoms with Crippen molar-refractivity contribution in [1.29, 1.82) is 0 Å². The SMILES string of the molecule is CC1=C(C)N(CC2(c3ccccc3)COC2)CN=C1NCCc1cn[nH]c1. The van der Waals surface area contributed by atoms with Crippen molar-refractivity contribution in [3.63, 3.8) is 0 Å². The van der Waals surface area contributed by atoms with Crippen LogP contribution in [-0.4, -0.2) is 53.9 Å². The monoisotopic (exact) mass is 365 g/mol. The molecule has 0 spiro atoms. The summed E-state index contributed by atoms with van der Waals surface area (Å²) in [6.07, 6.45) is 4.73. The molecule has 0 bridgehead atoms. The van der Waals surface area contributed by atoms with Gasteiger partial charge in [0.25, 0.3) is 0 Å². The highest BCUT2D eigenvalue weighted by Crippen LogP contribution is 2.35. The minimum Gasteiger partial charge on any atom is -0.379 e. The Morgan fingerprint density at radius 2 is 2.04 bits per heavy atom. The highest BCUT2D eigenvalue weighted by molar-refractivity contribution is 5.98. The maximum Gasteiger partial charge on any atom is 0.127 e. The Morgan fingerprint density at radius 1 is 1.22 bits per heavy atom. The van der Waals surface area contributed by atoms with Crippen LogP contribution in [0.25, 0.3) is 0 Å². The van der Waals surface area contributed by atoms with E-state index in [0.29, 0.717) is 6.67 Å². The van der Waals surface area contributed by atoms with Crippen LogP contribution < -0.4 is 5.32 Å². The molecule has 6 heteroatoms. The summed E-state index contributed by atoms with van der Waals surface area (Å²) in [5.74, 6) is 1.01. The number of aliphatic imine (C=N–C) groups is 1. The number of ether oxygens (including phenoxy) is 1. The van der Waals surface area contributed by atoms with Crippen LogP contribution in [0.3, 0.4) is 0 Å². The largest absolute Gasteiger partial charge is 0.379 e. The number of benzene rings is 1. The predicted molar refractivity (Wildman–Crippen MR) is 107 cm³/mol. The molecule has 2 N–H and O–H groups in total. The van der Waals surface area contributed by atoms with E-state index in [1.54, 1.807) is 0 Å². The molecule has 0 atom stereocenters. The van der Waals surface area contributed by atoms with Crippen LogP contribution in [0, 0.1) is 0 Å². The summed E-state index contributed by atoms with van der Waals surface area (Å²) in [4.78, 5) is 7.19. The molecule has 2 aliphatic heterocycles. The molecule has 2 aliphatic rings. The third kappa shape index (κ3) is 3.62. The van der Waals surface area contributed by atoms with E-state index in [0.717, 1.165) is 38.6 Å². The van der Waals surface area contributed by atoms with Crippen LogP contribution in [-0.2, 0) is 16.6 Å². The number of nitrogens with zero attached hydrogens (tertiary/aromatic N) is 3. The molecule has 0 saturated carbocycles. The van der Waals surface area contributed by atoms with Crippen molar-refractivity contribution in [3.05, 3.63) is 65.1 Å². The Balaban J connectivity index is 1.40. The number of nitrogens with one attached hydrogen (secondary N) is 2. The van der Waals surface area contributed by atoms with Crippen LogP contribution in [0.5, 0.6) is 0 Å². The lowest BCUT2D eigenvalue weighted by molar-refractivity contribution is -0.0712. The van der Waals surface area contributed by atoms with Gasteiger partial charge in [-0.15, -0.1) is 0 Å². The van der Waals surface area contributed by atoms with Crippen LogP contribution in [0.15, 0.2) is 59.0 Å². The summed E-state index contributed by atoms with van der Waals surface area (Å²) in [6, 6.07) is 10.7. The van der Waals surface area contributed by atoms with Gasteiger partial charge in [-0.05, 0) is 31.4 Å². The Labute approximate surface area is 160 Å². The molecule has 0 radical (unpaired) electrons. The number of rotatable bonds is 6. The molecular formula is C21H27N5O. The average Bonchev–Trinajstić information content (AvgIpc) is 3.17. The van der Waals surface area contributed by atoms with Crippen LogP contribution >= 0.6 is 0 Å². The molecule has 0 unspecified atom stereocenters. The van der Waals surface area contributed by atoms with Gasteiger partial charge >= 0.3 is 0 Å². The summed E-state index contributed by atoms with van der Waals surface area (Å²) >= 11 is 0. The molecule has 1 aromatic heterocycles. The first-order valence-electron chi connectivity index (χ1n) is 9.50. The fourth-order valence-corrected chi connectivity index (χ4v) is 3.74. The van der Waals surface area contributed by atoms with Gasteiger partial charge in [-0.3, -0.25) is 5.10 Å². The first-order chi connectivity index (χ1) is 13.2. The molecule has 142 valence electrons. The van der Waals surface area contributed by atoms with Crippen molar-refractivity contribution in [2.75, 3.05) is 33.0 Å². The molecule has 1 saturated heterocycles. The van der Waals surface area contributed by atoms with E-state index in [1.807, 2.05) is 12.4 Å². The van der Waals surface area contributed by atoms with E-state index in [9.17, 15) is 0 Å². The molecule has 0 amide bonds. The highest BCUT2D eigenvalue weighted by atomic mass is 16.5. The molecule has 3 heterocycles. The molecule has 2 aromatic rings. The number of aromatic amines is 1. The first kappa shape index (κ1) is 17.8. The van der Waals surface area contributed by atoms with Gasteiger partial charge in [-0.25, -0.2) is 4.99 Å². The van der Waals surface area contributed by atoms with Crippen molar-refractivity contribution in [2.24, 2.45) is 4.99 Å². The molecule has 1 aromatic carbocycles. The third-order valence-electron chi connectivity index (χ3n) is 5.67. The Morgan fingerprint density at radius 3 is 2.70 bits per heavy atom. The Bertz CT molecular complexity index is 822. The lowest BCUT2D eigenvalue weighted by Crippen LogP contribution is -2.54. The van der Waals surface area contributed by atoms with E-state index in [2.05, 4.69) is 64.6 Å². The smallest absolute Gasteiger partial charge is 0.127 e. The van der Waals surface area contributed by atoms with Crippen LogP contribution in [0.4, 0.5) is 0 Å². The van der Waals surface area contributed by atoms with Crippen LogP contribution in [0.2, 0.25) is 0 Å².